The van der Waals surface area contributed by atoms with E-state index in [1.165, 1.54) is 6.42 Å². The van der Waals surface area contributed by atoms with E-state index < -0.39 is 0 Å². The second-order valence-corrected chi connectivity index (χ2v) is 6.44. The molecular weight excluding hydrogens is 184 g/mol. The van der Waals surface area contributed by atoms with Crippen molar-refractivity contribution in [3.05, 3.63) is 0 Å². The highest BCUT2D eigenvalue weighted by molar-refractivity contribution is 4.84. The first-order valence-corrected chi connectivity index (χ1v) is 6.11. The molecule has 0 bridgehead atoms. The fourth-order valence-corrected chi connectivity index (χ4v) is 1.13. The maximum atomic E-state index is 5.58. The van der Waals surface area contributed by atoms with Crippen molar-refractivity contribution in [3.8, 4) is 0 Å². The fraction of sp³-hybridized carbons (Fsp3) is 1.00. The van der Waals surface area contributed by atoms with E-state index in [1.807, 2.05) is 0 Å². The molecule has 0 aromatic heterocycles. The van der Waals surface area contributed by atoms with Crippen LogP contribution < -0.4 is 11.1 Å². The minimum Gasteiger partial charge on any atom is -0.330 e. The van der Waals surface area contributed by atoms with Gasteiger partial charge in [-0.2, -0.15) is 0 Å². The molecule has 1 unspecified atom stereocenters. The molecule has 15 heavy (non-hydrogen) atoms. The van der Waals surface area contributed by atoms with Gasteiger partial charge < -0.3 is 11.1 Å². The van der Waals surface area contributed by atoms with Gasteiger partial charge in [-0.05, 0) is 36.3 Å². The third-order valence-electron chi connectivity index (χ3n) is 3.81. The van der Waals surface area contributed by atoms with Crippen LogP contribution in [0.25, 0.3) is 0 Å². The standard InChI is InChI=1S/C13H30N2/c1-11(9-14)7-8-15-10-13(5,6)12(2,3)4/h11,15H,7-10,14H2,1-6H3. The first-order valence-electron chi connectivity index (χ1n) is 6.11. The van der Waals surface area contributed by atoms with E-state index in [4.69, 9.17) is 5.73 Å². The Hall–Kier alpha value is -0.0800. The van der Waals surface area contributed by atoms with Gasteiger partial charge in [0, 0.05) is 6.54 Å². The number of nitrogens with two attached hydrogens (primary N) is 1. The number of hydrogen-bond acceptors (Lipinski definition) is 2. The van der Waals surface area contributed by atoms with Crippen molar-refractivity contribution in [2.45, 2.75) is 48.0 Å². The molecule has 0 aliphatic rings. The summed E-state index contributed by atoms with van der Waals surface area (Å²) in [5.41, 5.74) is 6.26. The number of rotatable bonds is 6. The Morgan fingerprint density at radius 2 is 1.67 bits per heavy atom. The Bertz CT molecular complexity index is 168. The lowest BCUT2D eigenvalue weighted by molar-refractivity contribution is 0.129. The lowest BCUT2D eigenvalue weighted by atomic mass is 9.69. The van der Waals surface area contributed by atoms with Gasteiger partial charge in [0.05, 0.1) is 0 Å². The first-order chi connectivity index (χ1) is 6.70. The van der Waals surface area contributed by atoms with E-state index in [0.717, 1.165) is 19.6 Å². The largest absolute Gasteiger partial charge is 0.330 e. The topological polar surface area (TPSA) is 38.0 Å². The first kappa shape index (κ1) is 14.9. The third kappa shape index (κ3) is 5.53. The minimum atomic E-state index is 0.332. The zero-order valence-corrected chi connectivity index (χ0v) is 11.5. The van der Waals surface area contributed by atoms with E-state index in [9.17, 15) is 0 Å². The van der Waals surface area contributed by atoms with Crippen LogP contribution in [0.2, 0.25) is 0 Å². The van der Waals surface area contributed by atoms with Crippen LogP contribution in [0.1, 0.15) is 48.0 Å². The molecule has 0 amide bonds. The average molecular weight is 214 g/mol. The highest BCUT2D eigenvalue weighted by atomic mass is 14.9. The lowest BCUT2D eigenvalue weighted by Crippen LogP contribution is -2.40. The molecule has 0 aliphatic heterocycles. The second kappa shape index (κ2) is 5.86. The molecule has 2 nitrogen and oxygen atoms in total. The summed E-state index contributed by atoms with van der Waals surface area (Å²) in [4.78, 5) is 0. The maximum Gasteiger partial charge on any atom is 0.000752 e. The van der Waals surface area contributed by atoms with Crippen molar-refractivity contribution in [2.75, 3.05) is 19.6 Å². The normalized spacial score (nSPS) is 15.4. The number of nitrogens with one attached hydrogen (secondary N) is 1. The van der Waals surface area contributed by atoms with Crippen LogP contribution in [-0.2, 0) is 0 Å². The van der Waals surface area contributed by atoms with Crippen molar-refractivity contribution < 1.29 is 0 Å². The van der Waals surface area contributed by atoms with Crippen LogP contribution in [0, 0.1) is 16.7 Å². The van der Waals surface area contributed by atoms with Crippen molar-refractivity contribution in [1.82, 2.24) is 5.32 Å². The molecule has 0 aromatic carbocycles. The molecule has 3 N–H and O–H groups in total. The van der Waals surface area contributed by atoms with Gasteiger partial charge in [-0.15, -0.1) is 0 Å². The SMILES string of the molecule is CC(CN)CCNCC(C)(C)C(C)(C)C. The Morgan fingerprint density at radius 1 is 1.13 bits per heavy atom. The van der Waals surface area contributed by atoms with Crippen molar-refractivity contribution in [3.63, 3.8) is 0 Å². The van der Waals surface area contributed by atoms with E-state index in [0.29, 0.717) is 16.7 Å². The number of hydrogen-bond donors (Lipinski definition) is 2. The molecular formula is C13H30N2. The average Bonchev–Trinajstić information content (AvgIpc) is 2.10. The van der Waals surface area contributed by atoms with Crippen LogP contribution in [0.3, 0.4) is 0 Å². The summed E-state index contributed by atoms with van der Waals surface area (Å²) in [5, 5.41) is 3.54. The molecule has 0 fully saturated rings. The highest BCUT2D eigenvalue weighted by Gasteiger charge is 2.31. The van der Waals surface area contributed by atoms with Gasteiger partial charge in [0.25, 0.3) is 0 Å². The van der Waals surface area contributed by atoms with Gasteiger partial charge in [0.1, 0.15) is 0 Å². The summed E-state index contributed by atoms with van der Waals surface area (Å²) in [7, 11) is 0. The Balaban J connectivity index is 3.77. The Kier molecular flexibility index (Phi) is 5.82. The minimum absolute atomic E-state index is 0.332. The van der Waals surface area contributed by atoms with Crippen molar-refractivity contribution in [1.29, 1.82) is 0 Å². The van der Waals surface area contributed by atoms with Crippen molar-refractivity contribution >= 4 is 0 Å². The predicted molar refractivity (Wildman–Crippen MR) is 68.9 cm³/mol. The smallest absolute Gasteiger partial charge is 0.000752 e. The summed E-state index contributed by atoms with van der Waals surface area (Å²) in [6.07, 6.45) is 1.18. The summed E-state index contributed by atoms with van der Waals surface area (Å²) >= 11 is 0. The second-order valence-electron chi connectivity index (χ2n) is 6.44. The van der Waals surface area contributed by atoms with Gasteiger partial charge in [0.15, 0.2) is 0 Å². The lowest BCUT2D eigenvalue weighted by Gasteiger charge is -2.39. The molecule has 0 aromatic rings. The van der Waals surface area contributed by atoms with E-state index in [-0.39, 0.29) is 0 Å². The summed E-state index contributed by atoms with van der Waals surface area (Å²) in [6, 6.07) is 0. The summed E-state index contributed by atoms with van der Waals surface area (Å²) in [6.45, 7) is 16.7. The van der Waals surface area contributed by atoms with E-state index >= 15 is 0 Å². The zero-order valence-electron chi connectivity index (χ0n) is 11.5. The summed E-state index contributed by atoms with van der Waals surface area (Å²) in [5.74, 6) is 0.634. The van der Waals surface area contributed by atoms with Crippen molar-refractivity contribution in [2.24, 2.45) is 22.5 Å². The van der Waals surface area contributed by atoms with Crippen LogP contribution in [0.5, 0.6) is 0 Å². The van der Waals surface area contributed by atoms with Crippen LogP contribution in [0.15, 0.2) is 0 Å². The molecule has 0 saturated carbocycles. The van der Waals surface area contributed by atoms with E-state index in [2.05, 4.69) is 46.9 Å². The molecule has 0 saturated heterocycles. The van der Waals surface area contributed by atoms with E-state index in [1.54, 1.807) is 0 Å². The van der Waals surface area contributed by atoms with Gasteiger partial charge in [-0.1, -0.05) is 41.5 Å². The molecule has 0 rings (SSSR count). The summed E-state index contributed by atoms with van der Waals surface area (Å²) < 4.78 is 0. The fourth-order valence-electron chi connectivity index (χ4n) is 1.13. The molecule has 0 aliphatic carbocycles. The molecule has 2 heteroatoms. The molecule has 1 atom stereocenters. The van der Waals surface area contributed by atoms with Gasteiger partial charge >= 0.3 is 0 Å². The van der Waals surface area contributed by atoms with Crippen LogP contribution >= 0.6 is 0 Å². The van der Waals surface area contributed by atoms with Gasteiger partial charge in [0.2, 0.25) is 0 Å². The van der Waals surface area contributed by atoms with Gasteiger partial charge in [-0.3, -0.25) is 0 Å². The molecule has 0 radical (unpaired) electrons. The van der Waals surface area contributed by atoms with Crippen LogP contribution in [0.4, 0.5) is 0 Å². The molecule has 92 valence electrons. The zero-order chi connectivity index (χ0) is 12.1. The Morgan fingerprint density at radius 3 is 2.07 bits per heavy atom. The Labute approximate surface area is 96.0 Å². The third-order valence-corrected chi connectivity index (χ3v) is 3.81. The highest BCUT2D eigenvalue weighted by Crippen LogP contribution is 2.36. The van der Waals surface area contributed by atoms with Crippen LogP contribution in [-0.4, -0.2) is 19.6 Å². The van der Waals surface area contributed by atoms with Gasteiger partial charge in [-0.25, -0.2) is 0 Å². The quantitative estimate of drug-likeness (QED) is 0.667. The molecule has 0 heterocycles. The molecule has 0 spiro atoms. The monoisotopic (exact) mass is 214 g/mol. The predicted octanol–water partition coefficient (Wildman–Crippen LogP) is 2.63. The maximum absolute atomic E-state index is 5.58.